The number of H-pyrrole nitrogens is 1. The van der Waals surface area contributed by atoms with E-state index in [1.165, 1.54) is 22.5 Å². The van der Waals surface area contributed by atoms with Crippen LogP contribution in [0.15, 0.2) is 52.2 Å². The molecular formula is C20H18N4O5S. The molecule has 0 saturated carbocycles. The Kier molecular flexibility index (Phi) is 4.16. The summed E-state index contributed by atoms with van der Waals surface area (Å²) in [6.45, 7) is 0.502. The maximum Gasteiger partial charge on any atom is 0.326 e. The number of fused-ring (bicyclic) bond motifs is 2. The van der Waals surface area contributed by atoms with Gasteiger partial charge in [0.25, 0.3) is 11.8 Å². The number of rotatable bonds is 3. The van der Waals surface area contributed by atoms with Gasteiger partial charge in [-0.3, -0.25) is 19.5 Å². The summed E-state index contributed by atoms with van der Waals surface area (Å²) in [5.41, 5.74) is 1.60. The lowest BCUT2D eigenvalue weighted by Gasteiger charge is -2.31. The van der Waals surface area contributed by atoms with Gasteiger partial charge >= 0.3 is 5.69 Å². The van der Waals surface area contributed by atoms with E-state index in [9.17, 15) is 22.8 Å². The molecule has 9 nitrogen and oxygen atoms in total. The van der Waals surface area contributed by atoms with E-state index in [2.05, 4.69) is 10.3 Å². The monoisotopic (exact) mass is 426 g/mol. The van der Waals surface area contributed by atoms with E-state index in [4.69, 9.17) is 0 Å². The summed E-state index contributed by atoms with van der Waals surface area (Å²) < 4.78 is 29.2. The van der Waals surface area contributed by atoms with Gasteiger partial charge in [-0.25, -0.2) is 13.2 Å². The Hall–Kier alpha value is -3.24. The summed E-state index contributed by atoms with van der Waals surface area (Å²) in [4.78, 5) is 38.8. The number of aromatic nitrogens is 2. The van der Waals surface area contributed by atoms with Gasteiger partial charge in [-0.15, -0.1) is 0 Å². The molecule has 2 amide bonds. The minimum absolute atomic E-state index is 0.0196. The maximum atomic E-state index is 13.1. The van der Waals surface area contributed by atoms with Crippen LogP contribution >= 0.6 is 0 Å². The van der Waals surface area contributed by atoms with Gasteiger partial charge in [0.1, 0.15) is 0 Å². The highest BCUT2D eigenvalue weighted by atomic mass is 32.2. The second kappa shape index (κ2) is 6.64. The van der Waals surface area contributed by atoms with Crippen LogP contribution in [-0.2, 0) is 10.0 Å². The van der Waals surface area contributed by atoms with Crippen LogP contribution in [0.5, 0.6) is 0 Å². The van der Waals surface area contributed by atoms with Crippen molar-refractivity contribution in [2.24, 2.45) is 0 Å². The highest BCUT2D eigenvalue weighted by Crippen LogP contribution is 2.29. The fourth-order valence-electron chi connectivity index (χ4n) is 4.23. The van der Waals surface area contributed by atoms with Gasteiger partial charge in [-0.2, -0.15) is 4.31 Å². The number of hydrogen-bond donors (Lipinski definition) is 2. The van der Waals surface area contributed by atoms with Crippen molar-refractivity contribution < 1.29 is 18.0 Å². The highest BCUT2D eigenvalue weighted by Gasteiger charge is 2.34. The zero-order chi connectivity index (χ0) is 21.0. The Bertz CT molecular complexity index is 1360. The molecule has 10 heteroatoms. The van der Waals surface area contributed by atoms with Gasteiger partial charge in [0.05, 0.1) is 27.1 Å². The predicted molar refractivity (Wildman–Crippen MR) is 108 cm³/mol. The third kappa shape index (κ3) is 2.79. The highest BCUT2D eigenvalue weighted by molar-refractivity contribution is 7.89. The first-order chi connectivity index (χ1) is 14.4. The molecular weight excluding hydrogens is 408 g/mol. The molecule has 5 rings (SSSR count). The SMILES string of the molecule is O=C1NC(=O)c2cc(S(=O)(=O)N3CCC(n4c(=O)[nH]c5ccccc54)CC3)ccc21. The normalized spacial score (nSPS) is 18.0. The number of sulfonamides is 1. The molecule has 3 aromatic rings. The van der Waals surface area contributed by atoms with E-state index in [0.29, 0.717) is 12.8 Å². The minimum atomic E-state index is -3.82. The first kappa shape index (κ1) is 18.8. The molecule has 0 radical (unpaired) electrons. The van der Waals surface area contributed by atoms with Gasteiger partial charge < -0.3 is 4.98 Å². The van der Waals surface area contributed by atoms with Crippen LogP contribution in [0.2, 0.25) is 0 Å². The van der Waals surface area contributed by atoms with Crippen LogP contribution in [0.4, 0.5) is 0 Å². The first-order valence-corrected chi connectivity index (χ1v) is 11.0. The number of imide groups is 1. The van der Waals surface area contributed by atoms with Gasteiger partial charge in [-0.1, -0.05) is 12.1 Å². The Morgan fingerprint density at radius 1 is 0.900 bits per heavy atom. The van der Waals surface area contributed by atoms with Crippen LogP contribution in [0, 0.1) is 0 Å². The van der Waals surface area contributed by atoms with Crippen molar-refractivity contribution in [3.05, 3.63) is 64.1 Å². The van der Waals surface area contributed by atoms with E-state index >= 15 is 0 Å². The molecule has 1 saturated heterocycles. The summed E-state index contributed by atoms with van der Waals surface area (Å²) in [5, 5.41) is 2.16. The second-order valence-electron chi connectivity index (χ2n) is 7.44. The van der Waals surface area contributed by atoms with E-state index in [0.717, 1.165) is 11.0 Å². The summed E-state index contributed by atoms with van der Waals surface area (Å²) in [6, 6.07) is 11.3. The number of piperidine rings is 1. The standard InChI is InChI=1S/C20H18N4O5S/c25-18-14-6-5-13(11-15(14)19(26)22-18)30(28,29)23-9-7-12(8-10-23)24-17-4-2-1-3-16(17)21-20(24)27/h1-6,11-12H,7-10H2,(H,21,27)(H,22,25,26). The molecule has 3 heterocycles. The number of aromatic amines is 1. The van der Waals surface area contributed by atoms with Crippen molar-refractivity contribution in [2.45, 2.75) is 23.8 Å². The van der Waals surface area contributed by atoms with E-state index in [-0.39, 0.29) is 40.8 Å². The van der Waals surface area contributed by atoms with Crippen molar-refractivity contribution in [2.75, 3.05) is 13.1 Å². The van der Waals surface area contributed by atoms with Gasteiger partial charge in [0.2, 0.25) is 10.0 Å². The second-order valence-corrected chi connectivity index (χ2v) is 9.38. The van der Waals surface area contributed by atoms with Crippen molar-refractivity contribution in [1.82, 2.24) is 19.2 Å². The lowest BCUT2D eigenvalue weighted by atomic mass is 10.1. The molecule has 0 unspecified atom stereocenters. The van der Waals surface area contributed by atoms with Crippen molar-refractivity contribution in [3.8, 4) is 0 Å². The average Bonchev–Trinajstić information content (AvgIpc) is 3.23. The molecule has 30 heavy (non-hydrogen) atoms. The minimum Gasteiger partial charge on any atom is -0.306 e. The average molecular weight is 426 g/mol. The molecule has 154 valence electrons. The summed E-state index contributed by atoms with van der Waals surface area (Å²) in [7, 11) is -3.82. The number of nitrogens with one attached hydrogen (secondary N) is 2. The summed E-state index contributed by atoms with van der Waals surface area (Å²) in [6.07, 6.45) is 0.982. The number of para-hydroxylation sites is 2. The number of carbonyl (C=O) groups excluding carboxylic acids is 2. The topological polar surface area (TPSA) is 121 Å². The van der Waals surface area contributed by atoms with Crippen LogP contribution in [-0.4, -0.2) is 47.2 Å². The van der Waals surface area contributed by atoms with E-state index < -0.39 is 21.8 Å². The van der Waals surface area contributed by atoms with Crippen LogP contribution < -0.4 is 11.0 Å². The number of benzene rings is 2. The van der Waals surface area contributed by atoms with Crippen molar-refractivity contribution >= 4 is 32.9 Å². The van der Waals surface area contributed by atoms with Gasteiger partial charge in [0, 0.05) is 19.1 Å². The molecule has 2 aliphatic heterocycles. The number of imidazole rings is 1. The third-order valence-corrected chi connectivity index (χ3v) is 7.65. The molecule has 1 aromatic heterocycles. The van der Waals surface area contributed by atoms with Crippen LogP contribution in [0.3, 0.4) is 0 Å². The smallest absolute Gasteiger partial charge is 0.306 e. The number of hydrogen-bond acceptors (Lipinski definition) is 5. The fourth-order valence-corrected chi connectivity index (χ4v) is 5.73. The van der Waals surface area contributed by atoms with Crippen molar-refractivity contribution in [1.29, 1.82) is 0 Å². The number of nitrogens with zero attached hydrogens (tertiary/aromatic N) is 2. The Balaban J connectivity index is 1.39. The predicted octanol–water partition coefficient (Wildman–Crippen LogP) is 1.24. The van der Waals surface area contributed by atoms with Gasteiger partial charge in [-0.05, 0) is 43.2 Å². The molecule has 2 aromatic carbocycles. The summed E-state index contributed by atoms with van der Waals surface area (Å²) >= 11 is 0. The molecule has 0 aliphatic carbocycles. The number of amides is 2. The largest absolute Gasteiger partial charge is 0.326 e. The molecule has 0 atom stereocenters. The Morgan fingerprint density at radius 3 is 2.37 bits per heavy atom. The first-order valence-electron chi connectivity index (χ1n) is 9.55. The third-order valence-electron chi connectivity index (χ3n) is 5.76. The zero-order valence-corrected chi connectivity index (χ0v) is 16.6. The Labute approximate surface area is 171 Å². The van der Waals surface area contributed by atoms with Crippen LogP contribution in [0.1, 0.15) is 39.6 Å². The van der Waals surface area contributed by atoms with Crippen LogP contribution in [0.25, 0.3) is 11.0 Å². The zero-order valence-electron chi connectivity index (χ0n) is 15.8. The van der Waals surface area contributed by atoms with E-state index in [1.54, 1.807) is 4.57 Å². The molecule has 0 spiro atoms. The quantitative estimate of drug-likeness (QED) is 0.611. The Morgan fingerprint density at radius 2 is 1.60 bits per heavy atom. The molecule has 0 bridgehead atoms. The lowest BCUT2D eigenvalue weighted by molar-refractivity contribution is 0.0879. The molecule has 2 aliphatic rings. The lowest BCUT2D eigenvalue weighted by Crippen LogP contribution is -2.40. The van der Waals surface area contributed by atoms with Crippen molar-refractivity contribution in [3.63, 3.8) is 0 Å². The molecule has 2 N–H and O–H groups in total. The summed E-state index contributed by atoms with van der Waals surface area (Å²) in [5.74, 6) is -1.12. The van der Waals surface area contributed by atoms with E-state index in [1.807, 2.05) is 24.3 Å². The molecule has 1 fully saturated rings. The number of carbonyl (C=O) groups is 2. The maximum absolute atomic E-state index is 13.1. The fraction of sp³-hybridized carbons (Fsp3) is 0.250. The van der Waals surface area contributed by atoms with Gasteiger partial charge in [0.15, 0.2) is 0 Å².